The average Bonchev–Trinajstić information content (AvgIpc) is 2.60. The third kappa shape index (κ3) is 5.38. The van der Waals surface area contributed by atoms with E-state index in [2.05, 4.69) is 0 Å². The van der Waals surface area contributed by atoms with Crippen LogP contribution >= 0.6 is 0 Å². The van der Waals surface area contributed by atoms with Gasteiger partial charge in [0.1, 0.15) is 23.9 Å². The molecule has 0 saturated heterocycles. The highest BCUT2D eigenvalue weighted by molar-refractivity contribution is 5.75. The monoisotopic (exact) mass is 345 g/mol. The summed E-state index contributed by atoms with van der Waals surface area (Å²) in [4.78, 5) is 23.0. The first kappa shape index (κ1) is 18.6. The van der Waals surface area contributed by atoms with Gasteiger partial charge in [-0.25, -0.2) is 0 Å². The molecule has 0 aliphatic rings. The Morgan fingerprint density at radius 3 is 2.36 bits per heavy atom. The zero-order valence-corrected chi connectivity index (χ0v) is 14.8. The van der Waals surface area contributed by atoms with Crippen molar-refractivity contribution < 1.29 is 19.0 Å². The molecule has 0 fully saturated rings. The van der Waals surface area contributed by atoms with Crippen LogP contribution in [0.5, 0.6) is 17.2 Å². The first-order valence-electron chi connectivity index (χ1n) is 8.10. The number of hydrogen-bond donors (Lipinski definition) is 0. The topological polar surface area (TPSA) is 66.8 Å². The second kappa shape index (κ2) is 8.92. The molecule has 0 amide bonds. The zero-order valence-electron chi connectivity index (χ0n) is 14.8. The molecule has 1 aromatic heterocycles. The third-order valence-electron chi connectivity index (χ3n) is 3.75. The van der Waals surface area contributed by atoms with Gasteiger partial charge in [0.25, 0.3) is 0 Å². The molecule has 2 rings (SSSR count). The molecular formula is C19H23NO5. The molecule has 6 heteroatoms. The Bertz CT molecular complexity index is 764. The van der Waals surface area contributed by atoms with Crippen molar-refractivity contribution in [1.29, 1.82) is 0 Å². The summed E-state index contributed by atoms with van der Waals surface area (Å²) in [7, 11) is 1.62. The van der Waals surface area contributed by atoms with Crippen LogP contribution in [0.15, 0.2) is 41.3 Å². The predicted molar refractivity (Wildman–Crippen MR) is 94.7 cm³/mol. The van der Waals surface area contributed by atoms with Crippen LogP contribution in [0.1, 0.15) is 19.0 Å². The number of nitrogens with zero attached hydrogens (tertiary/aromatic N) is 1. The second-order valence-electron chi connectivity index (χ2n) is 5.61. The standard InChI is InChI=1S/C19H23NO5/c1-14(21)9-12-25-19-15(2)20(10-8-18(19)22)11-13-24-17-6-4-16(23-3)5-7-17/h4-8,10H,9,11-13H2,1-3H3. The highest BCUT2D eigenvalue weighted by Gasteiger charge is 2.09. The Labute approximate surface area is 147 Å². The summed E-state index contributed by atoms with van der Waals surface area (Å²) in [5.41, 5.74) is 0.530. The van der Waals surface area contributed by atoms with Crippen molar-refractivity contribution >= 4 is 5.78 Å². The fourth-order valence-corrected chi connectivity index (χ4v) is 2.30. The fraction of sp³-hybridized carbons (Fsp3) is 0.368. The van der Waals surface area contributed by atoms with E-state index in [0.717, 1.165) is 17.2 Å². The van der Waals surface area contributed by atoms with Crippen LogP contribution in [-0.4, -0.2) is 30.7 Å². The molecule has 0 radical (unpaired) electrons. The van der Waals surface area contributed by atoms with E-state index in [1.54, 1.807) is 13.3 Å². The fourth-order valence-electron chi connectivity index (χ4n) is 2.30. The van der Waals surface area contributed by atoms with Gasteiger partial charge >= 0.3 is 0 Å². The number of rotatable bonds is 9. The molecule has 25 heavy (non-hydrogen) atoms. The maximum absolute atomic E-state index is 12.0. The van der Waals surface area contributed by atoms with Gasteiger partial charge < -0.3 is 18.8 Å². The number of Topliss-reactive ketones (excluding diaryl/α,β-unsaturated/α-hetero) is 1. The molecule has 134 valence electrons. The van der Waals surface area contributed by atoms with E-state index >= 15 is 0 Å². The van der Waals surface area contributed by atoms with E-state index in [1.165, 1.54) is 13.0 Å². The Morgan fingerprint density at radius 1 is 1.04 bits per heavy atom. The van der Waals surface area contributed by atoms with Crippen LogP contribution in [0, 0.1) is 6.92 Å². The number of pyridine rings is 1. The molecule has 0 saturated carbocycles. The minimum Gasteiger partial charge on any atom is -0.497 e. The molecular weight excluding hydrogens is 322 g/mol. The molecule has 0 aliphatic heterocycles. The number of ketones is 1. The van der Waals surface area contributed by atoms with E-state index in [4.69, 9.17) is 14.2 Å². The van der Waals surface area contributed by atoms with Crippen molar-refractivity contribution in [2.45, 2.75) is 26.8 Å². The van der Waals surface area contributed by atoms with E-state index in [1.807, 2.05) is 35.8 Å². The number of carbonyl (C=O) groups is 1. The number of carbonyl (C=O) groups excluding carboxylic acids is 1. The molecule has 1 heterocycles. The minimum atomic E-state index is -0.187. The molecule has 0 N–H and O–H groups in total. The molecule has 0 bridgehead atoms. The summed E-state index contributed by atoms with van der Waals surface area (Å²) in [5.74, 6) is 1.84. The average molecular weight is 345 g/mol. The molecule has 0 spiro atoms. The van der Waals surface area contributed by atoms with Crippen molar-refractivity contribution in [2.24, 2.45) is 0 Å². The molecule has 0 atom stereocenters. The predicted octanol–water partition coefficient (Wildman–Crippen LogP) is 2.60. The Kier molecular flexibility index (Phi) is 6.62. The van der Waals surface area contributed by atoms with Crippen molar-refractivity contribution in [1.82, 2.24) is 4.57 Å². The van der Waals surface area contributed by atoms with Crippen molar-refractivity contribution in [3.8, 4) is 17.2 Å². The smallest absolute Gasteiger partial charge is 0.223 e. The highest BCUT2D eigenvalue weighted by atomic mass is 16.5. The number of ether oxygens (including phenoxy) is 3. The quantitative estimate of drug-likeness (QED) is 0.699. The van der Waals surface area contributed by atoms with E-state index in [-0.39, 0.29) is 30.0 Å². The van der Waals surface area contributed by atoms with E-state index < -0.39 is 0 Å². The van der Waals surface area contributed by atoms with Crippen molar-refractivity contribution in [3.63, 3.8) is 0 Å². The van der Waals surface area contributed by atoms with Gasteiger partial charge in [0.2, 0.25) is 5.43 Å². The Balaban J connectivity index is 1.96. The van der Waals surface area contributed by atoms with Crippen LogP contribution in [0.25, 0.3) is 0 Å². The largest absolute Gasteiger partial charge is 0.497 e. The summed E-state index contributed by atoms with van der Waals surface area (Å²) in [6, 6.07) is 8.81. The minimum absolute atomic E-state index is 0.0294. The molecule has 0 aliphatic carbocycles. The second-order valence-corrected chi connectivity index (χ2v) is 5.61. The third-order valence-corrected chi connectivity index (χ3v) is 3.75. The lowest BCUT2D eigenvalue weighted by molar-refractivity contribution is -0.117. The van der Waals surface area contributed by atoms with Gasteiger partial charge in [0.15, 0.2) is 5.75 Å². The van der Waals surface area contributed by atoms with Gasteiger partial charge in [0, 0.05) is 18.7 Å². The first-order chi connectivity index (χ1) is 12.0. The van der Waals surface area contributed by atoms with Crippen LogP contribution < -0.4 is 19.6 Å². The summed E-state index contributed by atoms with van der Waals surface area (Å²) in [6.07, 6.45) is 2.00. The molecule has 0 unspecified atom stereocenters. The lowest BCUT2D eigenvalue weighted by atomic mass is 10.3. The lowest BCUT2D eigenvalue weighted by Crippen LogP contribution is -2.18. The summed E-state index contributed by atoms with van der Waals surface area (Å²) in [5, 5.41) is 0. The number of methoxy groups -OCH3 is 1. The maximum atomic E-state index is 12.0. The van der Waals surface area contributed by atoms with Gasteiger partial charge in [-0.1, -0.05) is 0 Å². The van der Waals surface area contributed by atoms with Crippen molar-refractivity contribution in [2.75, 3.05) is 20.3 Å². The van der Waals surface area contributed by atoms with Gasteiger partial charge in [-0.3, -0.25) is 9.59 Å². The molecule has 1 aromatic carbocycles. The summed E-state index contributed by atoms with van der Waals surface area (Å²) < 4.78 is 18.2. The summed E-state index contributed by atoms with van der Waals surface area (Å²) in [6.45, 7) is 4.54. The molecule has 6 nitrogen and oxygen atoms in total. The normalized spacial score (nSPS) is 10.4. The number of aromatic nitrogens is 1. The van der Waals surface area contributed by atoms with Gasteiger partial charge in [-0.2, -0.15) is 0 Å². The highest BCUT2D eigenvalue weighted by Crippen LogP contribution is 2.17. The van der Waals surface area contributed by atoms with Gasteiger partial charge in [-0.05, 0) is 38.1 Å². The van der Waals surface area contributed by atoms with Crippen LogP contribution in [0.2, 0.25) is 0 Å². The maximum Gasteiger partial charge on any atom is 0.223 e. The van der Waals surface area contributed by atoms with Gasteiger partial charge in [-0.15, -0.1) is 0 Å². The molecule has 2 aromatic rings. The first-order valence-corrected chi connectivity index (χ1v) is 8.10. The zero-order chi connectivity index (χ0) is 18.2. The SMILES string of the molecule is COc1ccc(OCCn2ccc(=O)c(OCCC(C)=O)c2C)cc1. The van der Waals surface area contributed by atoms with E-state index in [9.17, 15) is 9.59 Å². The van der Waals surface area contributed by atoms with Crippen LogP contribution in [0.3, 0.4) is 0 Å². The van der Waals surface area contributed by atoms with Crippen molar-refractivity contribution in [3.05, 3.63) is 52.4 Å². The van der Waals surface area contributed by atoms with Crippen LogP contribution in [-0.2, 0) is 11.3 Å². The lowest BCUT2D eigenvalue weighted by Gasteiger charge is -2.15. The van der Waals surface area contributed by atoms with Gasteiger partial charge in [0.05, 0.1) is 26.0 Å². The number of benzene rings is 1. The van der Waals surface area contributed by atoms with Crippen LogP contribution in [0.4, 0.5) is 0 Å². The Morgan fingerprint density at radius 2 is 1.72 bits per heavy atom. The van der Waals surface area contributed by atoms with E-state index in [0.29, 0.717) is 13.2 Å². The summed E-state index contributed by atoms with van der Waals surface area (Å²) >= 11 is 0. The Hall–Kier alpha value is -2.76. The number of hydrogen-bond acceptors (Lipinski definition) is 5.